The first-order valence-corrected chi connectivity index (χ1v) is 9.91. The minimum absolute atomic E-state index is 0.0826. The van der Waals surface area contributed by atoms with Crippen LogP contribution in [0.3, 0.4) is 0 Å². The zero-order chi connectivity index (χ0) is 14.5. The Bertz CT molecular complexity index is 765. The summed E-state index contributed by atoms with van der Waals surface area (Å²) in [6.07, 6.45) is 0. The molecule has 0 aliphatic carbocycles. The summed E-state index contributed by atoms with van der Waals surface area (Å²) in [5, 5.41) is 0. The predicted molar refractivity (Wildman–Crippen MR) is 93.0 cm³/mol. The molecular formula is C17H12OS3. The van der Waals surface area contributed by atoms with E-state index in [0.29, 0.717) is 0 Å². The lowest BCUT2D eigenvalue weighted by Gasteiger charge is -1.97. The Balaban J connectivity index is 1.96. The van der Waals surface area contributed by atoms with Crippen LogP contribution in [0.4, 0.5) is 0 Å². The molecule has 0 fully saturated rings. The first-order chi connectivity index (χ1) is 10.3. The van der Waals surface area contributed by atoms with Gasteiger partial charge in [-0.2, -0.15) is 0 Å². The van der Waals surface area contributed by atoms with Crippen molar-refractivity contribution in [3.63, 3.8) is 0 Å². The quantitative estimate of drug-likeness (QED) is 0.432. The third-order valence-corrected chi connectivity index (χ3v) is 6.85. The molecule has 21 heavy (non-hydrogen) atoms. The average Bonchev–Trinajstić information content (AvgIpc) is 2.82. The highest BCUT2D eigenvalue weighted by Gasteiger charge is 2.09. The van der Waals surface area contributed by atoms with Crippen LogP contribution in [0.2, 0.25) is 0 Å². The van der Waals surface area contributed by atoms with Gasteiger partial charge in [0.1, 0.15) is 0 Å². The molecule has 0 bridgehead atoms. The van der Waals surface area contributed by atoms with Gasteiger partial charge < -0.3 is 0 Å². The third-order valence-electron chi connectivity index (χ3n) is 2.95. The maximum atomic E-state index is 12.5. The Morgan fingerprint density at radius 3 is 2.10 bits per heavy atom. The fourth-order valence-corrected chi connectivity index (χ4v) is 5.76. The molecule has 0 amide bonds. The van der Waals surface area contributed by atoms with Crippen molar-refractivity contribution in [1.82, 2.24) is 0 Å². The normalized spacial score (nSPS) is 10.1. The van der Waals surface area contributed by atoms with E-state index in [-0.39, 0.29) is 5.78 Å². The lowest BCUT2D eigenvalue weighted by Crippen LogP contribution is -1.97. The molecule has 0 aliphatic rings. The monoisotopic (exact) mass is 328 g/mol. The van der Waals surface area contributed by atoms with E-state index in [1.807, 2.05) is 60.7 Å². The average molecular weight is 328 g/mol. The van der Waals surface area contributed by atoms with Crippen molar-refractivity contribution in [3.8, 4) is 10.4 Å². The zero-order valence-corrected chi connectivity index (χ0v) is 13.5. The summed E-state index contributed by atoms with van der Waals surface area (Å²) in [5.74, 6) is 0.0826. The van der Waals surface area contributed by atoms with Gasteiger partial charge in [0.15, 0.2) is 0 Å². The molecule has 1 aromatic heterocycles. The van der Waals surface area contributed by atoms with Crippen molar-refractivity contribution >= 4 is 35.8 Å². The van der Waals surface area contributed by atoms with Crippen LogP contribution in [0.15, 0.2) is 72.8 Å². The Morgan fingerprint density at radius 2 is 1.38 bits per heavy atom. The van der Waals surface area contributed by atoms with Gasteiger partial charge in [-0.05, 0) is 27.0 Å². The molecule has 3 rings (SSSR count). The maximum Gasteiger partial charge on any atom is 0.203 e. The van der Waals surface area contributed by atoms with Gasteiger partial charge in [-0.25, -0.2) is 0 Å². The summed E-state index contributed by atoms with van der Waals surface area (Å²) in [6, 6.07) is 23.6. The van der Waals surface area contributed by atoms with Crippen LogP contribution in [0, 0.1) is 0 Å². The van der Waals surface area contributed by atoms with Crippen molar-refractivity contribution < 1.29 is 4.79 Å². The lowest BCUT2D eigenvalue weighted by molar-refractivity contribution is 0.104. The van der Waals surface area contributed by atoms with E-state index in [1.165, 1.54) is 20.8 Å². The fourth-order valence-electron chi connectivity index (χ4n) is 1.89. The molecule has 0 N–H and O–H groups in total. The lowest BCUT2D eigenvalue weighted by atomic mass is 10.1. The van der Waals surface area contributed by atoms with Crippen LogP contribution in [0.25, 0.3) is 10.4 Å². The van der Waals surface area contributed by atoms with Crippen LogP contribution in [0.1, 0.15) is 15.2 Å². The van der Waals surface area contributed by atoms with Crippen molar-refractivity contribution in [1.29, 1.82) is 0 Å². The molecule has 0 saturated carbocycles. The highest BCUT2D eigenvalue weighted by atomic mass is 33.2. The molecule has 2 aromatic carbocycles. The molecular weight excluding hydrogens is 316 g/mol. The molecule has 0 atom stereocenters. The van der Waals surface area contributed by atoms with Gasteiger partial charge in [-0.15, -0.1) is 0 Å². The van der Waals surface area contributed by atoms with Gasteiger partial charge >= 0.3 is 0 Å². The third kappa shape index (κ3) is 3.47. The van der Waals surface area contributed by atoms with Gasteiger partial charge in [0.2, 0.25) is 5.78 Å². The van der Waals surface area contributed by atoms with Crippen molar-refractivity contribution in [3.05, 3.63) is 83.2 Å². The van der Waals surface area contributed by atoms with Gasteiger partial charge in [-0.1, -0.05) is 81.3 Å². The Morgan fingerprint density at radius 1 is 0.714 bits per heavy atom. The molecule has 104 valence electrons. The largest absolute Gasteiger partial charge is 0.288 e. The molecule has 0 spiro atoms. The van der Waals surface area contributed by atoms with Gasteiger partial charge in [0.05, 0.1) is 4.88 Å². The Labute approximate surface area is 134 Å². The number of hydrogen-bond acceptors (Lipinski definition) is 4. The number of rotatable bonds is 3. The highest BCUT2D eigenvalue weighted by Crippen LogP contribution is 2.29. The molecule has 0 unspecified atom stereocenters. The first-order valence-electron chi connectivity index (χ1n) is 6.43. The van der Waals surface area contributed by atoms with E-state index >= 15 is 0 Å². The first kappa shape index (κ1) is 14.2. The molecule has 1 nitrogen and oxygen atoms in total. The Kier molecular flexibility index (Phi) is 4.60. The molecule has 0 saturated heterocycles. The number of hydrogen-bond donors (Lipinski definition) is 0. The second-order valence-electron chi connectivity index (χ2n) is 4.36. The fraction of sp³-hybridized carbons (Fsp3) is 0. The van der Waals surface area contributed by atoms with E-state index < -0.39 is 0 Å². The SMILES string of the molecule is O=C(c1ccccc1)c1ccc(-c2ccccc2)sss1. The van der Waals surface area contributed by atoms with Crippen LogP contribution < -0.4 is 0 Å². The smallest absolute Gasteiger partial charge is 0.203 e. The summed E-state index contributed by atoms with van der Waals surface area (Å²) < 4.78 is 0. The van der Waals surface area contributed by atoms with E-state index in [4.69, 9.17) is 0 Å². The summed E-state index contributed by atoms with van der Waals surface area (Å²) >= 11 is 0. The molecule has 3 aromatic rings. The molecule has 4 heteroatoms. The summed E-state index contributed by atoms with van der Waals surface area (Å²) in [7, 11) is 4.84. The summed E-state index contributed by atoms with van der Waals surface area (Å²) in [6.45, 7) is 0. The second-order valence-corrected chi connectivity index (χ2v) is 8.34. The van der Waals surface area contributed by atoms with Crippen LogP contribution in [-0.4, -0.2) is 5.78 Å². The molecule has 0 radical (unpaired) electrons. The summed E-state index contributed by atoms with van der Waals surface area (Å²) in [5.41, 5.74) is 1.92. The van der Waals surface area contributed by atoms with E-state index in [2.05, 4.69) is 12.1 Å². The van der Waals surface area contributed by atoms with Gasteiger partial charge in [0.25, 0.3) is 0 Å². The van der Waals surface area contributed by atoms with Gasteiger partial charge in [0, 0.05) is 10.4 Å². The van der Waals surface area contributed by atoms with Crippen LogP contribution in [-0.2, 0) is 0 Å². The number of ketones is 1. The molecule has 1 heterocycles. The van der Waals surface area contributed by atoms with Gasteiger partial charge in [-0.3, -0.25) is 4.79 Å². The molecule has 0 aliphatic heterocycles. The predicted octanol–water partition coefficient (Wildman–Crippen LogP) is 5.89. The number of carbonyl (C=O) groups excluding carboxylic acids is 1. The van der Waals surface area contributed by atoms with E-state index in [1.54, 1.807) is 19.7 Å². The highest BCUT2D eigenvalue weighted by molar-refractivity contribution is 7.94. The van der Waals surface area contributed by atoms with Crippen molar-refractivity contribution in [2.45, 2.75) is 0 Å². The minimum Gasteiger partial charge on any atom is -0.288 e. The summed E-state index contributed by atoms with van der Waals surface area (Å²) in [4.78, 5) is 14.4. The van der Waals surface area contributed by atoms with Crippen molar-refractivity contribution in [2.24, 2.45) is 0 Å². The maximum absolute atomic E-state index is 12.5. The zero-order valence-electron chi connectivity index (χ0n) is 11.1. The minimum atomic E-state index is 0.0826. The van der Waals surface area contributed by atoms with E-state index in [0.717, 1.165) is 10.4 Å². The van der Waals surface area contributed by atoms with E-state index in [9.17, 15) is 4.79 Å². The van der Waals surface area contributed by atoms with Crippen molar-refractivity contribution in [2.75, 3.05) is 0 Å². The van der Waals surface area contributed by atoms with Crippen LogP contribution >= 0.6 is 30.0 Å². The number of benzene rings is 2. The number of carbonyl (C=O) groups is 1. The van der Waals surface area contributed by atoms with Crippen LogP contribution in [0.5, 0.6) is 0 Å². The second kappa shape index (κ2) is 6.80. The standard InChI is InChI=1S/C17H12OS3/c18-17(14-9-5-2-6-10-14)16-12-11-15(19-21-20-16)13-7-3-1-4-8-13/h1-12H. The topological polar surface area (TPSA) is 17.1 Å². The Hall–Kier alpha value is -1.75.